The molecule has 3 heterocycles. The highest BCUT2D eigenvalue weighted by molar-refractivity contribution is 7.22. The molecule has 0 aliphatic heterocycles. The Hall–Kier alpha value is -3.10. The number of carbonyl (C=O) groups is 1. The molecule has 0 atom stereocenters. The quantitative estimate of drug-likeness (QED) is 0.561. The van der Waals surface area contributed by atoms with Crippen molar-refractivity contribution in [3.05, 3.63) is 70.2 Å². The molecular formula is C19H13N3OS. The highest BCUT2D eigenvalue weighted by Gasteiger charge is 2.23. The van der Waals surface area contributed by atoms with Crippen LogP contribution in [0.2, 0.25) is 0 Å². The van der Waals surface area contributed by atoms with Gasteiger partial charge in [-0.1, -0.05) is 30.3 Å². The van der Waals surface area contributed by atoms with Gasteiger partial charge in [0, 0.05) is 11.8 Å². The first-order valence-corrected chi connectivity index (χ1v) is 8.26. The van der Waals surface area contributed by atoms with Crippen molar-refractivity contribution in [3.8, 4) is 6.07 Å². The molecule has 0 amide bonds. The van der Waals surface area contributed by atoms with Crippen LogP contribution in [-0.4, -0.2) is 10.2 Å². The van der Waals surface area contributed by atoms with Gasteiger partial charge >= 0.3 is 0 Å². The second-order valence-electron chi connectivity index (χ2n) is 5.66. The fourth-order valence-electron chi connectivity index (χ4n) is 2.95. The first-order valence-electron chi connectivity index (χ1n) is 7.44. The van der Waals surface area contributed by atoms with E-state index >= 15 is 0 Å². The van der Waals surface area contributed by atoms with Crippen molar-refractivity contribution < 1.29 is 4.79 Å². The Morgan fingerprint density at radius 3 is 2.71 bits per heavy atom. The van der Waals surface area contributed by atoms with Crippen molar-refractivity contribution in [1.29, 1.82) is 5.26 Å². The molecule has 3 aromatic heterocycles. The normalized spacial score (nSPS) is 11.0. The van der Waals surface area contributed by atoms with Gasteiger partial charge in [0.2, 0.25) is 5.78 Å². The Bertz CT molecular complexity index is 1150. The predicted octanol–water partition coefficient (Wildman–Crippen LogP) is 4.15. The maximum atomic E-state index is 12.8. The van der Waals surface area contributed by atoms with Crippen LogP contribution in [0.1, 0.15) is 26.4 Å². The van der Waals surface area contributed by atoms with Crippen LogP contribution in [-0.2, 0) is 0 Å². The van der Waals surface area contributed by atoms with E-state index in [1.807, 2.05) is 47.9 Å². The Balaban J connectivity index is 2.03. The van der Waals surface area contributed by atoms with Gasteiger partial charge in [0.25, 0.3) is 0 Å². The maximum absolute atomic E-state index is 12.8. The minimum absolute atomic E-state index is 0.112. The van der Waals surface area contributed by atoms with Gasteiger partial charge in [-0.3, -0.25) is 4.79 Å². The van der Waals surface area contributed by atoms with E-state index in [0.29, 0.717) is 21.7 Å². The van der Waals surface area contributed by atoms with Gasteiger partial charge in [0.1, 0.15) is 10.9 Å². The zero-order chi connectivity index (χ0) is 16.8. The van der Waals surface area contributed by atoms with Gasteiger partial charge < -0.3 is 10.1 Å². The number of nitrogen functional groups attached to an aromatic ring is 1. The Kier molecular flexibility index (Phi) is 3.15. The van der Waals surface area contributed by atoms with E-state index in [1.165, 1.54) is 11.3 Å². The summed E-state index contributed by atoms with van der Waals surface area (Å²) in [6.07, 6.45) is 1.90. The van der Waals surface area contributed by atoms with Crippen LogP contribution < -0.4 is 5.73 Å². The van der Waals surface area contributed by atoms with E-state index in [-0.39, 0.29) is 5.78 Å². The van der Waals surface area contributed by atoms with Crippen molar-refractivity contribution in [1.82, 2.24) is 4.40 Å². The number of nitriles is 1. The number of hydrogen-bond acceptors (Lipinski definition) is 4. The van der Waals surface area contributed by atoms with Crippen LogP contribution >= 0.6 is 11.3 Å². The lowest BCUT2D eigenvalue weighted by atomic mass is 10.1. The van der Waals surface area contributed by atoms with Crippen molar-refractivity contribution in [2.75, 3.05) is 5.73 Å². The fraction of sp³-hybridized carbons (Fsp3) is 0.0526. The molecule has 0 spiro atoms. The van der Waals surface area contributed by atoms with Gasteiger partial charge in [-0.15, -0.1) is 11.3 Å². The number of rotatable bonds is 2. The molecule has 4 nitrogen and oxygen atoms in total. The molecule has 2 N–H and O–H groups in total. The predicted molar refractivity (Wildman–Crippen MR) is 96.5 cm³/mol. The first kappa shape index (κ1) is 14.5. The minimum atomic E-state index is -0.112. The van der Waals surface area contributed by atoms with Crippen LogP contribution in [0.15, 0.2) is 48.7 Å². The molecule has 0 bridgehead atoms. The zero-order valence-corrected chi connectivity index (χ0v) is 13.7. The number of aryl methyl sites for hydroxylation is 1. The van der Waals surface area contributed by atoms with E-state index in [0.717, 1.165) is 21.3 Å². The lowest BCUT2D eigenvalue weighted by molar-refractivity contribution is 0.104. The standard InChI is InChI=1S/C19H13N3OS/c1-11-7-8-22-14(9-11)13(10-20)18-16(22)15(21)19(24-18)17(23)12-5-3-2-4-6-12/h2-9H,21H2,1H3. The van der Waals surface area contributed by atoms with Crippen LogP contribution in [0.3, 0.4) is 0 Å². The molecule has 0 saturated heterocycles. The number of nitrogens with two attached hydrogens (primary N) is 1. The van der Waals surface area contributed by atoms with Crippen molar-refractivity contribution in [2.45, 2.75) is 6.92 Å². The third kappa shape index (κ3) is 1.94. The Morgan fingerprint density at radius 1 is 1.25 bits per heavy atom. The molecule has 0 saturated carbocycles. The number of aromatic nitrogens is 1. The van der Waals surface area contributed by atoms with Crippen LogP contribution in [0.4, 0.5) is 5.69 Å². The van der Waals surface area contributed by atoms with Crippen LogP contribution in [0.5, 0.6) is 0 Å². The van der Waals surface area contributed by atoms with E-state index in [4.69, 9.17) is 5.73 Å². The van der Waals surface area contributed by atoms with Gasteiger partial charge in [-0.05, 0) is 24.6 Å². The van der Waals surface area contributed by atoms with Crippen molar-refractivity contribution in [2.24, 2.45) is 0 Å². The number of pyridine rings is 1. The Morgan fingerprint density at radius 2 is 2.00 bits per heavy atom. The maximum Gasteiger partial charge on any atom is 0.205 e. The highest BCUT2D eigenvalue weighted by Crippen LogP contribution is 2.40. The van der Waals surface area contributed by atoms with E-state index in [1.54, 1.807) is 12.1 Å². The lowest BCUT2D eigenvalue weighted by Gasteiger charge is -2.02. The van der Waals surface area contributed by atoms with Crippen molar-refractivity contribution in [3.63, 3.8) is 0 Å². The molecule has 24 heavy (non-hydrogen) atoms. The number of hydrogen-bond donors (Lipinski definition) is 1. The summed E-state index contributed by atoms with van der Waals surface area (Å²) in [5.41, 5.74) is 10.5. The molecule has 0 unspecified atom stereocenters. The van der Waals surface area contributed by atoms with Gasteiger partial charge in [-0.2, -0.15) is 5.26 Å². The molecule has 1 aromatic carbocycles. The smallest absolute Gasteiger partial charge is 0.205 e. The summed E-state index contributed by atoms with van der Waals surface area (Å²) in [7, 11) is 0. The summed E-state index contributed by atoms with van der Waals surface area (Å²) in [6.45, 7) is 1.98. The van der Waals surface area contributed by atoms with Gasteiger partial charge in [-0.25, -0.2) is 0 Å². The first-order chi connectivity index (χ1) is 11.6. The summed E-state index contributed by atoms with van der Waals surface area (Å²) >= 11 is 1.29. The molecule has 4 aromatic rings. The fourth-order valence-corrected chi connectivity index (χ4v) is 4.13. The molecule has 0 fully saturated rings. The summed E-state index contributed by atoms with van der Waals surface area (Å²) < 4.78 is 2.66. The van der Waals surface area contributed by atoms with Crippen molar-refractivity contribution >= 4 is 38.5 Å². The van der Waals surface area contributed by atoms with Gasteiger partial charge in [0.15, 0.2) is 0 Å². The molecule has 116 valence electrons. The molecule has 5 heteroatoms. The number of anilines is 1. The van der Waals surface area contributed by atoms with Crippen LogP contribution in [0, 0.1) is 18.3 Å². The average Bonchev–Trinajstić information content (AvgIpc) is 3.09. The van der Waals surface area contributed by atoms with E-state index in [9.17, 15) is 10.1 Å². The average molecular weight is 331 g/mol. The lowest BCUT2D eigenvalue weighted by Crippen LogP contribution is -2.02. The minimum Gasteiger partial charge on any atom is -0.396 e. The van der Waals surface area contributed by atoms with Crippen LogP contribution in [0.25, 0.3) is 15.7 Å². The molecule has 0 aliphatic carbocycles. The number of ketones is 1. The molecule has 0 radical (unpaired) electrons. The van der Waals surface area contributed by atoms with E-state index in [2.05, 4.69) is 6.07 Å². The third-order valence-electron chi connectivity index (χ3n) is 4.11. The molecule has 4 rings (SSSR count). The summed E-state index contributed by atoms with van der Waals surface area (Å²) in [4.78, 5) is 13.2. The number of benzene rings is 1. The number of carbonyl (C=O) groups excluding carboxylic acids is 1. The summed E-state index contributed by atoms with van der Waals surface area (Å²) in [5.74, 6) is -0.112. The Labute approximate surface area is 142 Å². The van der Waals surface area contributed by atoms with E-state index < -0.39 is 0 Å². The topological polar surface area (TPSA) is 71.3 Å². The number of nitrogens with zero attached hydrogens (tertiary/aromatic N) is 2. The third-order valence-corrected chi connectivity index (χ3v) is 5.32. The second-order valence-corrected chi connectivity index (χ2v) is 6.68. The zero-order valence-electron chi connectivity index (χ0n) is 12.9. The van der Waals surface area contributed by atoms with Gasteiger partial charge in [0.05, 0.1) is 27.0 Å². The highest BCUT2D eigenvalue weighted by atomic mass is 32.1. The largest absolute Gasteiger partial charge is 0.396 e. The summed E-state index contributed by atoms with van der Waals surface area (Å²) in [5, 5.41) is 9.59. The monoisotopic (exact) mass is 331 g/mol. The number of thiophene rings is 1. The molecular weight excluding hydrogens is 318 g/mol. The summed E-state index contributed by atoms with van der Waals surface area (Å²) in [6, 6.07) is 15.2. The number of fused-ring (bicyclic) bond motifs is 3. The SMILES string of the molecule is Cc1ccn2c(c1)c(C#N)c1sc(C(=O)c3ccccc3)c(N)c12. The molecule has 0 aliphatic rings. The second kappa shape index (κ2) is 5.22.